The van der Waals surface area contributed by atoms with Crippen LogP contribution in [0.1, 0.15) is 31.0 Å². The van der Waals surface area contributed by atoms with Crippen molar-refractivity contribution in [2.75, 3.05) is 0 Å². The summed E-state index contributed by atoms with van der Waals surface area (Å²) in [5, 5.41) is 7.30. The van der Waals surface area contributed by atoms with Gasteiger partial charge < -0.3 is 10.3 Å². The summed E-state index contributed by atoms with van der Waals surface area (Å²) in [6, 6.07) is 6.73. The molecule has 0 atom stereocenters. The minimum atomic E-state index is -0.476. The predicted octanol–water partition coefficient (Wildman–Crippen LogP) is 0.653. The van der Waals surface area contributed by atoms with E-state index in [4.69, 9.17) is 10.3 Å². The van der Waals surface area contributed by atoms with Gasteiger partial charge in [0.2, 0.25) is 5.89 Å². The second kappa shape index (κ2) is 5.41. The molecule has 1 fully saturated rings. The Bertz CT molecular complexity index is 1010. The Morgan fingerprint density at radius 2 is 2.00 bits per heavy atom. The van der Waals surface area contributed by atoms with Crippen LogP contribution < -0.4 is 16.9 Å². The number of aromatic nitrogens is 4. The van der Waals surface area contributed by atoms with Gasteiger partial charge in [-0.1, -0.05) is 17.3 Å². The second-order valence-corrected chi connectivity index (χ2v) is 6.21. The number of rotatable bonds is 4. The standard InChI is InChI=1S/C16H17N5O3/c17-16(7-3-8-16)15-18-12(24-20-15)6-9-21-14(23)11-5-2-1-4-10(11)13(22)19-21/h1-2,4-5H,3,6-9,17H2,(H,19,22). The summed E-state index contributed by atoms with van der Waals surface area (Å²) in [5.41, 5.74) is 5.14. The number of fused-ring (bicyclic) bond motifs is 1. The van der Waals surface area contributed by atoms with Crippen molar-refractivity contribution in [1.82, 2.24) is 19.9 Å². The van der Waals surface area contributed by atoms with Crippen LogP contribution >= 0.6 is 0 Å². The zero-order chi connectivity index (χ0) is 16.7. The Balaban J connectivity index is 1.58. The summed E-state index contributed by atoms with van der Waals surface area (Å²) in [5.74, 6) is 0.922. The van der Waals surface area contributed by atoms with Crippen LogP contribution in [0.4, 0.5) is 0 Å². The molecule has 0 radical (unpaired) electrons. The molecule has 0 saturated heterocycles. The van der Waals surface area contributed by atoms with Gasteiger partial charge in [-0.3, -0.25) is 14.7 Å². The molecule has 0 spiro atoms. The van der Waals surface area contributed by atoms with Gasteiger partial charge in [-0.15, -0.1) is 0 Å². The number of nitrogens with one attached hydrogen (secondary N) is 1. The Morgan fingerprint density at radius 3 is 2.71 bits per heavy atom. The lowest BCUT2D eigenvalue weighted by Crippen LogP contribution is -2.44. The molecule has 1 aliphatic carbocycles. The molecule has 2 aromatic heterocycles. The van der Waals surface area contributed by atoms with Gasteiger partial charge in [0.25, 0.3) is 11.1 Å². The van der Waals surface area contributed by atoms with E-state index >= 15 is 0 Å². The van der Waals surface area contributed by atoms with Gasteiger partial charge >= 0.3 is 0 Å². The third-order valence-electron chi connectivity index (χ3n) is 4.59. The number of benzene rings is 1. The van der Waals surface area contributed by atoms with Gasteiger partial charge in [0.1, 0.15) is 0 Å². The van der Waals surface area contributed by atoms with Crippen molar-refractivity contribution in [2.45, 2.75) is 37.8 Å². The number of hydrogen-bond acceptors (Lipinski definition) is 6. The average Bonchev–Trinajstić information content (AvgIpc) is 3.04. The van der Waals surface area contributed by atoms with Gasteiger partial charge in [-0.05, 0) is 31.4 Å². The van der Waals surface area contributed by atoms with Crippen molar-refractivity contribution in [1.29, 1.82) is 0 Å². The molecular formula is C16H17N5O3. The Kier molecular flexibility index (Phi) is 3.34. The van der Waals surface area contributed by atoms with E-state index in [1.165, 1.54) is 4.68 Å². The van der Waals surface area contributed by atoms with Crippen LogP contribution in [0.5, 0.6) is 0 Å². The number of hydrogen-bond donors (Lipinski definition) is 2. The van der Waals surface area contributed by atoms with E-state index < -0.39 is 5.54 Å². The first-order valence-corrected chi connectivity index (χ1v) is 7.91. The van der Waals surface area contributed by atoms with Crippen molar-refractivity contribution >= 4 is 10.8 Å². The first-order chi connectivity index (χ1) is 11.6. The maximum atomic E-state index is 12.4. The molecule has 4 rings (SSSR count). The number of nitrogens with zero attached hydrogens (tertiary/aromatic N) is 3. The topological polar surface area (TPSA) is 120 Å². The minimum absolute atomic E-state index is 0.248. The molecule has 2 heterocycles. The lowest BCUT2D eigenvalue weighted by molar-refractivity contribution is 0.229. The quantitative estimate of drug-likeness (QED) is 0.726. The van der Waals surface area contributed by atoms with E-state index in [-0.39, 0.29) is 17.7 Å². The molecule has 8 nitrogen and oxygen atoms in total. The first kappa shape index (κ1) is 14.8. The van der Waals surface area contributed by atoms with Crippen LogP contribution in [0.3, 0.4) is 0 Å². The Labute approximate surface area is 136 Å². The molecule has 0 bridgehead atoms. The highest BCUT2D eigenvalue weighted by Crippen LogP contribution is 2.36. The Morgan fingerprint density at radius 1 is 1.25 bits per heavy atom. The van der Waals surface area contributed by atoms with Crippen LogP contribution in [0.25, 0.3) is 10.8 Å². The van der Waals surface area contributed by atoms with Crippen LogP contribution in [0, 0.1) is 0 Å². The van der Waals surface area contributed by atoms with E-state index in [1.807, 2.05) is 0 Å². The van der Waals surface area contributed by atoms with E-state index in [2.05, 4.69) is 15.2 Å². The highest BCUT2D eigenvalue weighted by Gasteiger charge is 2.38. The lowest BCUT2D eigenvalue weighted by atomic mass is 9.77. The molecule has 1 aromatic carbocycles. The van der Waals surface area contributed by atoms with E-state index in [9.17, 15) is 9.59 Å². The molecule has 124 valence electrons. The van der Waals surface area contributed by atoms with Gasteiger partial charge in [0.15, 0.2) is 5.82 Å². The fourth-order valence-electron chi connectivity index (χ4n) is 2.95. The van der Waals surface area contributed by atoms with Gasteiger partial charge in [-0.25, -0.2) is 4.68 Å². The maximum Gasteiger partial charge on any atom is 0.273 e. The lowest BCUT2D eigenvalue weighted by Gasteiger charge is -2.34. The molecule has 8 heteroatoms. The van der Waals surface area contributed by atoms with Crippen molar-refractivity contribution in [3.05, 3.63) is 56.7 Å². The highest BCUT2D eigenvalue weighted by atomic mass is 16.5. The molecule has 3 N–H and O–H groups in total. The fraction of sp³-hybridized carbons (Fsp3) is 0.375. The van der Waals surface area contributed by atoms with E-state index in [0.29, 0.717) is 28.9 Å². The van der Waals surface area contributed by atoms with Gasteiger partial charge in [-0.2, -0.15) is 4.98 Å². The molecule has 0 aliphatic heterocycles. The van der Waals surface area contributed by atoms with Crippen molar-refractivity contribution < 1.29 is 4.52 Å². The number of H-pyrrole nitrogens is 1. The maximum absolute atomic E-state index is 12.4. The first-order valence-electron chi connectivity index (χ1n) is 7.91. The summed E-state index contributed by atoms with van der Waals surface area (Å²) >= 11 is 0. The van der Waals surface area contributed by atoms with E-state index in [0.717, 1.165) is 19.3 Å². The molecule has 1 saturated carbocycles. The summed E-state index contributed by atoms with van der Waals surface area (Å²) in [6.45, 7) is 0.248. The summed E-state index contributed by atoms with van der Waals surface area (Å²) in [7, 11) is 0. The zero-order valence-corrected chi connectivity index (χ0v) is 13.0. The Hall–Kier alpha value is -2.74. The molecule has 1 aliphatic rings. The molecule has 3 aromatic rings. The van der Waals surface area contributed by atoms with Crippen LogP contribution in [0.15, 0.2) is 38.4 Å². The largest absolute Gasteiger partial charge is 0.339 e. The monoisotopic (exact) mass is 327 g/mol. The SMILES string of the molecule is NC1(c2noc(CCn3[nH]c(=O)c4ccccc4c3=O)n2)CCC1. The van der Waals surface area contributed by atoms with Crippen molar-refractivity contribution in [3.8, 4) is 0 Å². The van der Waals surface area contributed by atoms with Gasteiger partial charge in [0, 0.05) is 6.42 Å². The van der Waals surface area contributed by atoms with Crippen LogP contribution in [-0.2, 0) is 18.5 Å². The van der Waals surface area contributed by atoms with Gasteiger partial charge in [0.05, 0.1) is 22.9 Å². The highest BCUT2D eigenvalue weighted by molar-refractivity contribution is 5.80. The third kappa shape index (κ3) is 2.35. The van der Waals surface area contributed by atoms with Crippen molar-refractivity contribution in [3.63, 3.8) is 0 Å². The molecule has 0 amide bonds. The predicted molar refractivity (Wildman–Crippen MR) is 86.5 cm³/mol. The number of nitrogens with two attached hydrogens (primary N) is 1. The average molecular weight is 327 g/mol. The molecule has 0 unspecified atom stereocenters. The van der Waals surface area contributed by atoms with Crippen molar-refractivity contribution in [2.24, 2.45) is 5.73 Å². The smallest absolute Gasteiger partial charge is 0.273 e. The summed E-state index contributed by atoms with van der Waals surface area (Å²) in [4.78, 5) is 28.8. The number of aromatic amines is 1. The minimum Gasteiger partial charge on any atom is -0.339 e. The van der Waals surface area contributed by atoms with Crippen LogP contribution in [0.2, 0.25) is 0 Å². The third-order valence-corrected chi connectivity index (χ3v) is 4.59. The molecule has 24 heavy (non-hydrogen) atoms. The number of aryl methyl sites for hydroxylation is 2. The summed E-state index contributed by atoms with van der Waals surface area (Å²) in [6.07, 6.45) is 3.11. The van der Waals surface area contributed by atoms with E-state index in [1.54, 1.807) is 24.3 Å². The van der Waals surface area contributed by atoms with Crippen LogP contribution in [-0.4, -0.2) is 19.9 Å². The fourth-order valence-corrected chi connectivity index (χ4v) is 2.95. The summed E-state index contributed by atoms with van der Waals surface area (Å²) < 4.78 is 6.49. The zero-order valence-electron chi connectivity index (χ0n) is 13.0. The molecular weight excluding hydrogens is 310 g/mol. The second-order valence-electron chi connectivity index (χ2n) is 6.21. The normalized spacial score (nSPS) is 16.2.